The molecule has 12 aromatic rings. The fourth-order valence-corrected chi connectivity index (χ4v) is 9.36. The van der Waals surface area contributed by atoms with Gasteiger partial charge in [-0.15, -0.1) is 0 Å². The summed E-state index contributed by atoms with van der Waals surface area (Å²) >= 11 is 0. The molecule has 280 valence electrons. The van der Waals surface area contributed by atoms with Crippen LogP contribution in [0.25, 0.3) is 75.7 Å². The van der Waals surface area contributed by atoms with Crippen molar-refractivity contribution in [1.29, 1.82) is 0 Å². The molecular formula is C56H36N4. The Bertz CT molecular complexity index is 3270. The summed E-state index contributed by atoms with van der Waals surface area (Å²) in [6.07, 6.45) is 3.61. The SMILES string of the molecule is c1ccc(N(c2ccc3c(c2)c2cc(N(c4ccccc4)c4c5ccccc5cc5ccccc45)ccc2c2nccnc32)c2c3ccccc3cc3ccccc23)cc1. The molecule has 0 atom stereocenters. The Kier molecular flexibility index (Phi) is 7.82. The summed E-state index contributed by atoms with van der Waals surface area (Å²) in [5.41, 5.74) is 8.37. The Morgan fingerprint density at radius 3 is 0.950 bits per heavy atom. The molecule has 0 spiro atoms. The van der Waals surface area contributed by atoms with Crippen molar-refractivity contribution < 1.29 is 0 Å². The van der Waals surface area contributed by atoms with Gasteiger partial charge in [-0.25, -0.2) is 0 Å². The van der Waals surface area contributed by atoms with Crippen molar-refractivity contribution in [1.82, 2.24) is 9.97 Å². The average Bonchev–Trinajstić information content (AvgIpc) is 3.32. The van der Waals surface area contributed by atoms with Gasteiger partial charge in [-0.05, 0) is 93.0 Å². The van der Waals surface area contributed by atoms with Crippen LogP contribution in [0, 0.1) is 0 Å². The molecule has 11 aromatic carbocycles. The maximum Gasteiger partial charge on any atom is 0.0971 e. The predicted molar refractivity (Wildman–Crippen MR) is 254 cm³/mol. The molecule has 0 saturated carbocycles. The fraction of sp³-hybridized carbons (Fsp3) is 0. The Labute approximate surface area is 346 Å². The van der Waals surface area contributed by atoms with Crippen LogP contribution in [0.15, 0.2) is 219 Å². The van der Waals surface area contributed by atoms with Crippen LogP contribution >= 0.6 is 0 Å². The minimum Gasteiger partial charge on any atom is -0.309 e. The first-order valence-corrected chi connectivity index (χ1v) is 20.4. The summed E-state index contributed by atoms with van der Waals surface area (Å²) in [5, 5.41) is 13.9. The van der Waals surface area contributed by atoms with Crippen LogP contribution in [-0.4, -0.2) is 9.97 Å². The second-order valence-corrected chi connectivity index (χ2v) is 15.4. The zero-order valence-corrected chi connectivity index (χ0v) is 32.6. The minimum atomic E-state index is 0.890. The zero-order valence-electron chi connectivity index (χ0n) is 32.6. The lowest BCUT2D eigenvalue weighted by Crippen LogP contribution is -2.11. The number of aromatic nitrogens is 2. The maximum atomic E-state index is 4.97. The van der Waals surface area contributed by atoms with Gasteiger partial charge in [-0.2, -0.15) is 0 Å². The second-order valence-electron chi connectivity index (χ2n) is 15.4. The average molecular weight is 765 g/mol. The van der Waals surface area contributed by atoms with Crippen LogP contribution in [-0.2, 0) is 0 Å². The van der Waals surface area contributed by atoms with Gasteiger partial charge in [-0.1, -0.05) is 146 Å². The lowest BCUT2D eigenvalue weighted by molar-refractivity contribution is 1.30. The smallest absolute Gasteiger partial charge is 0.0971 e. The highest BCUT2D eigenvalue weighted by atomic mass is 15.2. The largest absolute Gasteiger partial charge is 0.309 e. The molecule has 60 heavy (non-hydrogen) atoms. The van der Waals surface area contributed by atoms with Crippen LogP contribution in [0.4, 0.5) is 34.1 Å². The summed E-state index contributed by atoms with van der Waals surface area (Å²) in [7, 11) is 0. The molecule has 0 fully saturated rings. The first kappa shape index (κ1) is 34.0. The summed E-state index contributed by atoms with van der Waals surface area (Å²) in [6, 6.07) is 74.7. The molecular weight excluding hydrogens is 729 g/mol. The molecule has 0 aliphatic heterocycles. The van der Waals surface area contributed by atoms with E-state index in [-0.39, 0.29) is 0 Å². The molecule has 1 aromatic heterocycles. The van der Waals surface area contributed by atoms with Crippen LogP contribution < -0.4 is 9.80 Å². The topological polar surface area (TPSA) is 32.3 Å². The highest BCUT2D eigenvalue weighted by Crippen LogP contribution is 2.48. The Morgan fingerprint density at radius 1 is 0.250 bits per heavy atom. The molecule has 4 nitrogen and oxygen atoms in total. The van der Waals surface area contributed by atoms with E-state index >= 15 is 0 Å². The number of rotatable bonds is 6. The van der Waals surface area contributed by atoms with E-state index in [4.69, 9.17) is 9.97 Å². The highest BCUT2D eigenvalue weighted by Gasteiger charge is 2.23. The van der Waals surface area contributed by atoms with Crippen LogP contribution in [0.1, 0.15) is 0 Å². The molecule has 0 N–H and O–H groups in total. The molecule has 0 unspecified atom stereocenters. The van der Waals surface area contributed by atoms with Crippen LogP contribution in [0.5, 0.6) is 0 Å². The van der Waals surface area contributed by atoms with Crippen molar-refractivity contribution in [2.75, 3.05) is 9.80 Å². The van der Waals surface area contributed by atoms with Gasteiger partial charge in [0, 0.05) is 67.5 Å². The number of hydrogen-bond donors (Lipinski definition) is 0. The highest BCUT2D eigenvalue weighted by molar-refractivity contribution is 6.25. The van der Waals surface area contributed by atoms with E-state index in [0.29, 0.717) is 0 Å². The summed E-state index contributed by atoms with van der Waals surface area (Å²) < 4.78 is 0. The van der Waals surface area contributed by atoms with Crippen molar-refractivity contribution in [2.45, 2.75) is 0 Å². The van der Waals surface area contributed by atoms with Crippen LogP contribution in [0.2, 0.25) is 0 Å². The molecule has 0 aliphatic rings. The van der Waals surface area contributed by atoms with Gasteiger partial charge in [0.15, 0.2) is 0 Å². The van der Waals surface area contributed by atoms with Gasteiger partial charge in [0.1, 0.15) is 0 Å². The van der Waals surface area contributed by atoms with Crippen molar-refractivity contribution in [3.05, 3.63) is 219 Å². The summed E-state index contributed by atoms with van der Waals surface area (Å²) in [4.78, 5) is 14.8. The number of fused-ring (bicyclic) bond motifs is 10. The Hall–Kier alpha value is -8.08. The quantitative estimate of drug-likeness (QED) is 0.125. The standard InChI is InChI=1S/C56H36N4/c1-3-19-41(20-4-1)59(55-45-23-11-7-15-37(45)33-38-16-8-12-24-46(38)55)43-27-29-49-51(35-43)52-36-44(28-30-50(52)54-53(49)57-31-32-58-54)60(42-21-5-2-6-22-42)56-47-25-13-9-17-39(47)34-40-18-10-14-26-48(40)56/h1-36H. The molecule has 0 bridgehead atoms. The molecule has 0 radical (unpaired) electrons. The van der Waals surface area contributed by atoms with Gasteiger partial charge >= 0.3 is 0 Å². The first-order chi connectivity index (χ1) is 29.8. The first-order valence-electron chi connectivity index (χ1n) is 20.4. The molecule has 1 heterocycles. The fourth-order valence-electron chi connectivity index (χ4n) is 9.36. The van der Waals surface area contributed by atoms with E-state index in [1.165, 1.54) is 43.1 Å². The van der Waals surface area contributed by atoms with E-state index in [2.05, 4.69) is 216 Å². The van der Waals surface area contributed by atoms with E-state index in [0.717, 1.165) is 66.7 Å². The number of benzene rings is 11. The molecule has 12 rings (SSSR count). The van der Waals surface area contributed by atoms with Crippen molar-refractivity contribution in [3.63, 3.8) is 0 Å². The third kappa shape index (κ3) is 5.39. The number of anilines is 6. The molecule has 0 amide bonds. The van der Waals surface area contributed by atoms with Gasteiger partial charge < -0.3 is 9.80 Å². The Balaban J connectivity index is 1.18. The van der Waals surface area contributed by atoms with E-state index in [1.54, 1.807) is 12.4 Å². The van der Waals surface area contributed by atoms with Gasteiger partial charge in [0.2, 0.25) is 0 Å². The third-order valence-electron chi connectivity index (χ3n) is 12.0. The zero-order chi connectivity index (χ0) is 39.6. The number of para-hydroxylation sites is 2. The van der Waals surface area contributed by atoms with Gasteiger partial charge in [-0.3, -0.25) is 9.97 Å². The van der Waals surface area contributed by atoms with Gasteiger partial charge in [0.25, 0.3) is 0 Å². The lowest BCUT2D eigenvalue weighted by Gasteiger charge is -2.29. The molecule has 0 aliphatic carbocycles. The minimum absolute atomic E-state index is 0.890. The number of nitrogens with zero attached hydrogens (tertiary/aromatic N) is 4. The van der Waals surface area contributed by atoms with E-state index in [9.17, 15) is 0 Å². The van der Waals surface area contributed by atoms with E-state index in [1.807, 2.05) is 0 Å². The second kappa shape index (κ2) is 13.8. The van der Waals surface area contributed by atoms with Crippen molar-refractivity contribution in [3.8, 4) is 0 Å². The number of hydrogen-bond acceptors (Lipinski definition) is 4. The molecule has 0 saturated heterocycles. The lowest BCUT2D eigenvalue weighted by atomic mass is 9.96. The third-order valence-corrected chi connectivity index (χ3v) is 12.0. The summed E-state index contributed by atoms with van der Waals surface area (Å²) in [6.45, 7) is 0. The maximum absolute atomic E-state index is 4.97. The van der Waals surface area contributed by atoms with Crippen molar-refractivity contribution in [2.24, 2.45) is 0 Å². The van der Waals surface area contributed by atoms with Crippen LogP contribution in [0.3, 0.4) is 0 Å². The monoisotopic (exact) mass is 764 g/mol. The van der Waals surface area contributed by atoms with Gasteiger partial charge in [0.05, 0.1) is 22.4 Å². The van der Waals surface area contributed by atoms with Crippen molar-refractivity contribution >= 4 is 110 Å². The van der Waals surface area contributed by atoms with E-state index < -0.39 is 0 Å². The normalized spacial score (nSPS) is 11.7. The molecule has 4 heteroatoms. The summed E-state index contributed by atoms with van der Waals surface area (Å²) in [5.74, 6) is 0. The predicted octanol–water partition coefficient (Wildman–Crippen LogP) is 15.5. The Morgan fingerprint density at radius 2 is 0.583 bits per heavy atom.